The molecule has 0 bridgehead atoms. The minimum Gasteiger partial charge on any atom is -0.310 e. The molecule has 3 heteroatoms. The molecule has 1 aliphatic heterocycles. The Morgan fingerprint density at radius 3 is 1.63 bits per heavy atom. The van der Waals surface area contributed by atoms with E-state index in [1.165, 1.54) is 82.7 Å². The van der Waals surface area contributed by atoms with Crippen molar-refractivity contribution < 1.29 is 0 Å². The predicted molar refractivity (Wildman–Crippen MR) is 258 cm³/mol. The molecule has 9 aromatic carbocycles. The van der Waals surface area contributed by atoms with Gasteiger partial charge in [-0.2, -0.15) is 0 Å². The van der Waals surface area contributed by atoms with Crippen molar-refractivity contribution in [3.05, 3.63) is 217 Å². The molecule has 0 unspecified atom stereocenters. The molecule has 0 fully saturated rings. The number of fused-ring (bicyclic) bond motifs is 5. The third-order valence-electron chi connectivity index (χ3n) is 13.2. The summed E-state index contributed by atoms with van der Waals surface area (Å²) in [5, 5.41) is 5.62. The second-order valence-electron chi connectivity index (χ2n) is 17.3. The van der Waals surface area contributed by atoms with E-state index in [1.54, 1.807) is 0 Å². The Kier molecular flexibility index (Phi) is 8.33. The van der Waals surface area contributed by atoms with Crippen LogP contribution in [0.4, 0.5) is 34.1 Å². The molecule has 0 spiro atoms. The molecule has 0 atom stereocenters. The van der Waals surface area contributed by atoms with E-state index in [4.69, 9.17) is 0 Å². The van der Waals surface area contributed by atoms with Crippen LogP contribution in [0.15, 0.2) is 206 Å². The van der Waals surface area contributed by atoms with Crippen molar-refractivity contribution in [2.45, 2.75) is 32.4 Å². The lowest BCUT2D eigenvalue weighted by Gasteiger charge is -2.37. The average molecular weight is 787 g/mol. The van der Waals surface area contributed by atoms with Gasteiger partial charge in [-0.25, -0.2) is 0 Å². The monoisotopic (exact) mass is 786 g/mol. The van der Waals surface area contributed by atoms with Crippen molar-refractivity contribution in [2.24, 2.45) is 0 Å². The van der Waals surface area contributed by atoms with Crippen molar-refractivity contribution >= 4 is 63.3 Å². The number of nitrogens with zero attached hydrogens (tertiary/aromatic N) is 2. The number of hydrogen-bond acceptors (Lipinski definition) is 2. The summed E-state index contributed by atoms with van der Waals surface area (Å²) in [4.78, 5) is 4.93. The van der Waals surface area contributed by atoms with E-state index in [-0.39, 0.29) is 5.41 Å². The summed E-state index contributed by atoms with van der Waals surface area (Å²) in [6, 6.07) is 76.4. The molecule has 2 aliphatic rings. The van der Waals surface area contributed by atoms with Crippen LogP contribution in [0.1, 0.15) is 25.0 Å². The first-order valence-corrected chi connectivity index (χ1v) is 24.1. The largest absolute Gasteiger partial charge is 0.310 e. The minimum absolute atomic E-state index is 0.0951. The maximum absolute atomic E-state index is 2.54. The first-order valence-electron chi connectivity index (χ1n) is 21.1. The van der Waals surface area contributed by atoms with E-state index in [0.29, 0.717) is 0 Å². The molecule has 9 aromatic rings. The Morgan fingerprint density at radius 2 is 0.917 bits per heavy atom. The van der Waals surface area contributed by atoms with Gasteiger partial charge in [0, 0.05) is 39.1 Å². The van der Waals surface area contributed by atoms with Gasteiger partial charge in [0.2, 0.25) is 0 Å². The number of rotatable bonds is 7. The van der Waals surface area contributed by atoms with E-state index in [2.05, 4.69) is 243 Å². The third-order valence-corrected chi connectivity index (χ3v) is 16.8. The van der Waals surface area contributed by atoms with Crippen LogP contribution in [0.5, 0.6) is 0 Å². The summed E-state index contributed by atoms with van der Waals surface area (Å²) in [6.07, 6.45) is 0. The topological polar surface area (TPSA) is 6.48 Å². The summed E-state index contributed by atoms with van der Waals surface area (Å²) in [7, 11) is -2.25. The quantitative estimate of drug-likeness (QED) is 0.149. The van der Waals surface area contributed by atoms with Gasteiger partial charge in [-0.3, -0.25) is 0 Å². The fraction of sp³-hybridized carbons (Fsp3) is 0.0877. The molecular weight excluding hydrogens is 741 g/mol. The van der Waals surface area contributed by atoms with Gasteiger partial charge in [0.1, 0.15) is 8.07 Å². The first kappa shape index (κ1) is 36.2. The Bertz CT molecular complexity index is 3100. The van der Waals surface area contributed by atoms with Crippen molar-refractivity contribution in [3.63, 3.8) is 0 Å². The first-order chi connectivity index (χ1) is 29.3. The fourth-order valence-corrected chi connectivity index (χ4v) is 13.4. The van der Waals surface area contributed by atoms with Gasteiger partial charge in [0.05, 0.1) is 11.4 Å². The second-order valence-corrected chi connectivity index (χ2v) is 21.7. The Balaban J connectivity index is 1.08. The number of hydrogen-bond donors (Lipinski definition) is 0. The average Bonchev–Trinajstić information content (AvgIpc) is 3.52. The second kappa shape index (κ2) is 13.8. The van der Waals surface area contributed by atoms with Gasteiger partial charge >= 0.3 is 0 Å². The summed E-state index contributed by atoms with van der Waals surface area (Å²) in [5.41, 5.74) is 17.4. The van der Waals surface area contributed by atoms with Crippen LogP contribution in [0, 0.1) is 0 Å². The van der Waals surface area contributed by atoms with E-state index in [1.807, 2.05) is 0 Å². The van der Waals surface area contributed by atoms with Gasteiger partial charge in [-0.05, 0) is 115 Å². The van der Waals surface area contributed by atoms with Crippen molar-refractivity contribution in [1.29, 1.82) is 0 Å². The molecule has 288 valence electrons. The van der Waals surface area contributed by atoms with E-state index < -0.39 is 8.07 Å². The zero-order valence-corrected chi connectivity index (χ0v) is 35.5. The summed E-state index contributed by atoms with van der Waals surface area (Å²) < 4.78 is 0. The van der Waals surface area contributed by atoms with Crippen LogP contribution in [0.2, 0.25) is 13.1 Å². The predicted octanol–water partition coefficient (Wildman–Crippen LogP) is 14.6. The van der Waals surface area contributed by atoms with E-state index >= 15 is 0 Å². The minimum atomic E-state index is -2.25. The van der Waals surface area contributed by atoms with Crippen LogP contribution in [-0.2, 0) is 5.41 Å². The van der Waals surface area contributed by atoms with Crippen LogP contribution < -0.4 is 20.2 Å². The zero-order valence-electron chi connectivity index (χ0n) is 34.5. The molecule has 0 amide bonds. The molecule has 1 aliphatic carbocycles. The number of anilines is 6. The molecule has 0 N–H and O–H groups in total. The summed E-state index contributed by atoms with van der Waals surface area (Å²) >= 11 is 0. The van der Waals surface area contributed by atoms with Gasteiger partial charge in [-0.1, -0.05) is 173 Å². The van der Waals surface area contributed by atoms with Gasteiger partial charge < -0.3 is 9.80 Å². The van der Waals surface area contributed by atoms with Crippen molar-refractivity contribution in [3.8, 4) is 33.4 Å². The maximum atomic E-state index is 2.54. The Morgan fingerprint density at radius 1 is 0.367 bits per heavy atom. The SMILES string of the molecule is CC1(C)c2ccccc2-c2ccc(N(c3ccccc3)c3ccc4c5c(cccc35)[Si](C)(C)c3cc(N(c5ccccc5)c5ccccc5-c5ccccc5)ccc3-4)cc21. The smallest absolute Gasteiger partial charge is 0.113 e. The van der Waals surface area contributed by atoms with Crippen LogP contribution in [0.25, 0.3) is 44.2 Å². The summed E-state index contributed by atoms with van der Waals surface area (Å²) in [6.45, 7) is 9.82. The molecule has 0 radical (unpaired) electrons. The van der Waals surface area contributed by atoms with Gasteiger partial charge in [0.25, 0.3) is 0 Å². The molecule has 11 rings (SSSR count). The highest BCUT2D eigenvalue weighted by atomic mass is 28.3. The Labute approximate surface area is 354 Å². The Hall–Kier alpha value is -6.94. The molecule has 1 heterocycles. The fourth-order valence-electron chi connectivity index (χ4n) is 10.3. The molecule has 0 saturated carbocycles. The normalized spacial score (nSPS) is 13.9. The standard InChI is InChI=1S/C57H46N2Si/c1-57(2)50-28-16-14-26-45(50)46-33-31-42(37-51(46)57)58(40-21-10-6-11-22-40)53-36-35-48-47-34-32-43(38-55(47)60(3,4)54-30-18-27-49(53)56(48)54)59(41-23-12-7-13-24-41)52-29-17-15-25-44(52)39-19-8-5-9-20-39/h5-38H,1-4H3. The highest BCUT2D eigenvalue weighted by Crippen LogP contribution is 2.52. The molecule has 2 nitrogen and oxygen atoms in total. The van der Waals surface area contributed by atoms with Crippen molar-refractivity contribution in [1.82, 2.24) is 0 Å². The van der Waals surface area contributed by atoms with Crippen LogP contribution in [0.3, 0.4) is 0 Å². The third kappa shape index (κ3) is 5.53. The van der Waals surface area contributed by atoms with E-state index in [0.717, 1.165) is 17.1 Å². The number of benzene rings is 9. The summed E-state index contributed by atoms with van der Waals surface area (Å²) in [5.74, 6) is 0. The lowest BCUT2D eigenvalue weighted by Crippen LogP contribution is -2.56. The van der Waals surface area contributed by atoms with Crippen LogP contribution in [-0.4, -0.2) is 8.07 Å². The lowest BCUT2D eigenvalue weighted by molar-refractivity contribution is 0.660. The molecule has 0 aromatic heterocycles. The zero-order chi connectivity index (χ0) is 40.6. The van der Waals surface area contributed by atoms with Crippen molar-refractivity contribution in [2.75, 3.05) is 9.80 Å². The van der Waals surface area contributed by atoms with Crippen LogP contribution >= 0.6 is 0 Å². The molecule has 0 saturated heterocycles. The maximum Gasteiger partial charge on any atom is 0.113 e. The molecular formula is C57H46N2Si. The van der Waals surface area contributed by atoms with E-state index in [9.17, 15) is 0 Å². The lowest BCUT2D eigenvalue weighted by atomic mass is 9.82. The molecule has 60 heavy (non-hydrogen) atoms. The highest BCUT2D eigenvalue weighted by molar-refractivity contribution is 7.03. The van der Waals surface area contributed by atoms with Gasteiger partial charge in [0.15, 0.2) is 0 Å². The number of para-hydroxylation sites is 3. The highest BCUT2D eigenvalue weighted by Gasteiger charge is 2.38. The van der Waals surface area contributed by atoms with Gasteiger partial charge in [-0.15, -0.1) is 0 Å².